The van der Waals surface area contributed by atoms with Gasteiger partial charge in [0.05, 0.1) is 11.3 Å². The molecule has 1 aromatic carbocycles. The Kier molecular flexibility index (Phi) is 4.70. The van der Waals surface area contributed by atoms with E-state index in [0.717, 1.165) is 18.5 Å². The Balaban J connectivity index is 2.45. The number of benzene rings is 1. The third kappa shape index (κ3) is 3.14. The normalized spacial score (nSPS) is 10.1. The van der Waals surface area contributed by atoms with Crippen LogP contribution in [-0.2, 0) is 0 Å². The predicted octanol–water partition coefficient (Wildman–Crippen LogP) is 4.34. The number of halogens is 2. The smallest absolute Gasteiger partial charge is 0.144 e. The van der Waals surface area contributed by atoms with Crippen LogP contribution in [0.2, 0.25) is 0 Å². The third-order valence-corrected chi connectivity index (χ3v) is 3.42. The number of nitrogens with zero attached hydrogens (tertiary/aromatic N) is 2. The molecule has 5 heteroatoms. The van der Waals surface area contributed by atoms with E-state index in [-0.39, 0.29) is 5.82 Å². The zero-order valence-corrected chi connectivity index (χ0v) is 12.5. The summed E-state index contributed by atoms with van der Waals surface area (Å²) in [6.07, 6.45) is 0.941. The van der Waals surface area contributed by atoms with E-state index in [2.05, 4.69) is 32.3 Å². The van der Waals surface area contributed by atoms with E-state index in [1.54, 1.807) is 18.2 Å². The summed E-state index contributed by atoms with van der Waals surface area (Å²) < 4.78 is 13.8. The van der Waals surface area contributed by atoms with E-state index in [9.17, 15) is 4.39 Å². The molecule has 20 heavy (non-hydrogen) atoms. The average molecular weight is 334 g/mol. The summed E-state index contributed by atoms with van der Waals surface area (Å²) in [7, 11) is 0. The van der Waals surface area contributed by atoms with E-state index < -0.39 is 0 Å². The Morgan fingerprint density at radius 3 is 2.80 bits per heavy atom. The molecule has 0 saturated heterocycles. The third-order valence-electron chi connectivity index (χ3n) is 2.77. The van der Waals surface area contributed by atoms with Gasteiger partial charge in [-0.15, -0.1) is 0 Å². The van der Waals surface area contributed by atoms with Gasteiger partial charge in [-0.3, -0.25) is 0 Å². The minimum atomic E-state index is -0.307. The molecule has 0 radical (unpaired) electrons. The minimum absolute atomic E-state index is 0.307. The Bertz CT molecular complexity index is 665. The van der Waals surface area contributed by atoms with Gasteiger partial charge in [-0.2, -0.15) is 5.26 Å². The maximum atomic E-state index is 13.1. The van der Waals surface area contributed by atoms with Crippen molar-refractivity contribution in [3.8, 4) is 17.3 Å². The molecule has 2 rings (SSSR count). The van der Waals surface area contributed by atoms with Crippen LogP contribution >= 0.6 is 15.9 Å². The van der Waals surface area contributed by atoms with Crippen LogP contribution in [0.3, 0.4) is 0 Å². The summed E-state index contributed by atoms with van der Waals surface area (Å²) in [4.78, 5) is 4.46. The summed E-state index contributed by atoms with van der Waals surface area (Å²) in [5, 5.41) is 12.2. The van der Waals surface area contributed by atoms with Crippen molar-refractivity contribution in [2.45, 2.75) is 13.3 Å². The van der Waals surface area contributed by atoms with Crippen molar-refractivity contribution >= 4 is 21.7 Å². The first-order valence-corrected chi connectivity index (χ1v) is 7.05. The first-order valence-electron chi connectivity index (χ1n) is 6.26. The van der Waals surface area contributed by atoms with Crippen LogP contribution in [0, 0.1) is 17.1 Å². The Hall–Kier alpha value is -1.93. The van der Waals surface area contributed by atoms with Gasteiger partial charge in [-0.25, -0.2) is 9.37 Å². The van der Waals surface area contributed by atoms with Crippen molar-refractivity contribution in [3.63, 3.8) is 0 Å². The van der Waals surface area contributed by atoms with E-state index in [4.69, 9.17) is 5.26 Å². The van der Waals surface area contributed by atoms with Crippen LogP contribution in [0.25, 0.3) is 11.3 Å². The second kappa shape index (κ2) is 6.49. The van der Waals surface area contributed by atoms with Gasteiger partial charge in [-0.05, 0) is 52.7 Å². The predicted molar refractivity (Wildman–Crippen MR) is 80.8 cm³/mol. The SMILES string of the molecule is CCCNc1nc(-c2ccc(F)cc2Br)ccc1C#N. The van der Waals surface area contributed by atoms with Gasteiger partial charge in [0.25, 0.3) is 0 Å². The maximum absolute atomic E-state index is 13.1. The van der Waals surface area contributed by atoms with Crippen LogP contribution in [-0.4, -0.2) is 11.5 Å². The number of anilines is 1. The largest absolute Gasteiger partial charge is 0.369 e. The molecule has 0 amide bonds. The van der Waals surface area contributed by atoms with Gasteiger partial charge in [0, 0.05) is 16.6 Å². The average Bonchev–Trinajstić information content (AvgIpc) is 2.45. The topological polar surface area (TPSA) is 48.7 Å². The Labute approximate surface area is 125 Å². The fourth-order valence-electron chi connectivity index (χ4n) is 1.77. The van der Waals surface area contributed by atoms with Crippen LogP contribution < -0.4 is 5.32 Å². The lowest BCUT2D eigenvalue weighted by Gasteiger charge is -2.09. The Morgan fingerprint density at radius 2 is 2.15 bits per heavy atom. The second-order valence-corrected chi connectivity index (χ2v) is 5.11. The first-order chi connectivity index (χ1) is 9.65. The molecule has 0 saturated carbocycles. The molecular formula is C15H13BrFN3. The molecule has 1 N–H and O–H groups in total. The molecule has 0 unspecified atom stereocenters. The van der Waals surface area contributed by atoms with Gasteiger partial charge < -0.3 is 5.32 Å². The molecule has 0 fully saturated rings. The summed E-state index contributed by atoms with van der Waals surface area (Å²) in [6, 6.07) is 10.0. The van der Waals surface area contributed by atoms with Crippen LogP contribution in [0.1, 0.15) is 18.9 Å². The standard InChI is InChI=1S/C15H13BrFN3/c1-2-7-19-15-10(9-18)3-6-14(20-15)12-5-4-11(17)8-13(12)16/h3-6,8H,2,7H2,1H3,(H,19,20). The van der Waals surface area contributed by atoms with Crippen LogP contribution in [0.5, 0.6) is 0 Å². The number of rotatable bonds is 4. The lowest BCUT2D eigenvalue weighted by Crippen LogP contribution is -2.04. The summed E-state index contributed by atoms with van der Waals surface area (Å²) in [5.74, 6) is 0.252. The molecule has 3 nitrogen and oxygen atoms in total. The van der Waals surface area contributed by atoms with Gasteiger partial charge in [-0.1, -0.05) is 6.92 Å². The highest BCUT2D eigenvalue weighted by atomic mass is 79.9. The number of nitriles is 1. The van der Waals surface area contributed by atoms with E-state index in [0.29, 0.717) is 21.5 Å². The minimum Gasteiger partial charge on any atom is -0.369 e. The molecule has 2 aromatic rings. The molecule has 1 heterocycles. The second-order valence-electron chi connectivity index (χ2n) is 4.26. The number of hydrogen-bond acceptors (Lipinski definition) is 3. The maximum Gasteiger partial charge on any atom is 0.144 e. The first kappa shape index (κ1) is 14.5. The summed E-state index contributed by atoms with van der Waals surface area (Å²) in [5.41, 5.74) is 1.98. The molecule has 0 aliphatic heterocycles. The van der Waals surface area contributed by atoms with Gasteiger partial charge >= 0.3 is 0 Å². The number of aromatic nitrogens is 1. The lowest BCUT2D eigenvalue weighted by molar-refractivity contribution is 0.627. The summed E-state index contributed by atoms with van der Waals surface area (Å²) in [6.45, 7) is 2.79. The van der Waals surface area contributed by atoms with Crippen LogP contribution in [0.4, 0.5) is 10.2 Å². The van der Waals surface area contributed by atoms with Crippen LogP contribution in [0.15, 0.2) is 34.8 Å². The Morgan fingerprint density at radius 1 is 1.35 bits per heavy atom. The molecule has 0 aliphatic carbocycles. The van der Waals surface area contributed by atoms with E-state index >= 15 is 0 Å². The molecule has 102 valence electrons. The number of hydrogen-bond donors (Lipinski definition) is 1. The van der Waals surface area contributed by atoms with Gasteiger partial charge in [0.2, 0.25) is 0 Å². The molecular weight excluding hydrogens is 321 g/mol. The quantitative estimate of drug-likeness (QED) is 0.905. The highest BCUT2D eigenvalue weighted by Gasteiger charge is 2.09. The molecule has 1 aromatic heterocycles. The van der Waals surface area contributed by atoms with E-state index in [1.807, 2.05) is 6.92 Å². The van der Waals surface area contributed by atoms with Crippen molar-refractivity contribution < 1.29 is 4.39 Å². The van der Waals surface area contributed by atoms with Crippen molar-refractivity contribution in [2.24, 2.45) is 0 Å². The molecule has 0 spiro atoms. The van der Waals surface area contributed by atoms with Gasteiger partial charge in [0.1, 0.15) is 17.7 Å². The molecule has 0 aliphatic rings. The zero-order chi connectivity index (χ0) is 14.5. The van der Waals surface area contributed by atoms with Gasteiger partial charge in [0.15, 0.2) is 0 Å². The highest BCUT2D eigenvalue weighted by Crippen LogP contribution is 2.29. The van der Waals surface area contributed by atoms with Crippen molar-refractivity contribution in [1.29, 1.82) is 5.26 Å². The fraction of sp³-hybridized carbons (Fsp3) is 0.200. The zero-order valence-electron chi connectivity index (χ0n) is 11.0. The number of nitrogens with one attached hydrogen (secondary N) is 1. The van der Waals surface area contributed by atoms with Crippen molar-refractivity contribution in [2.75, 3.05) is 11.9 Å². The number of pyridine rings is 1. The van der Waals surface area contributed by atoms with E-state index in [1.165, 1.54) is 12.1 Å². The monoisotopic (exact) mass is 333 g/mol. The lowest BCUT2D eigenvalue weighted by atomic mass is 10.1. The highest BCUT2D eigenvalue weighted by molar-refractivity contribution is 9.10. The van der Waals surface area contributed by atoms with Crippen molar-refractivity contribution in [3.05, 3.63) is 46.2 Å². The fourth-order valence-corrected chi connectivity index (χ4v) is 2.33. The van der Waals surface area contributed by atoms with Crippen molar-refractivity contribution in [1.82, 2.24) is 4.98 Å². The summed E-state index contributed by atoms with van der Waals surface area (Å²) >= 11 is 3.33. The molecule has 0 bridgehead atoms. The molecule has 0 atom stereocenters.